The predicted molar refractivity (Wildman–Crippen MR) is 203 cm³/mol. The Labute approximate surface area is 278 Å². The van der Waals surface area contributed by atoms with Crippen LogP contribution in [0, 0.1) is 0 Å². The van der Waals surface area contributed by atoms with Gasteiger partial charge in [0.15, 0.2) is 5.84 Å². The molecule has 0 radical (unpaired) electrons. The van der Waals surface area contributed by atoms with E-state index in [0.29, 0.717) is 12.4 Å². The van der Waals surface area contributed by atoms with Gasteiger partial charge in [-0.05, 0) is 97.2 Å². The molecule has 3 nitrogen and oxygen atoms in total. The molecule has 226 valence electrons. The van der Waals surface area contributed by atoms with Gasteiger partial charge in [-0.3, -0.25) is 4.99 Å². The molecule has 1 aromatic heterocycles. The minimum Gasteiger partial charge on any atom is -0.456 e. The van der Waals surface area contributed by atoms with Gasteiger partial charge in [-0.15, -0.1) is 0 Å². The third kappa shape index (κ3) is 4.68. The van der Waals surface area contributed by atoms with E-state index >= 15 is 0 Å². The number of hydrogen-bond donors (Lipinski definition) is 0. The largest absolute Gasteiger partial charge is 0.456 e. The van der Waals surface area contributed by atoms with Gasteiger partial charge in [-0.1, -0.05) is 127 Å². The van der Waals surface area contributed by atoms with Crippen molar-refractivity contribution in [3.63, 3.8) is 0 Å². The van der Waals surface area contributed by atoms with E-state index in [1.807, 2.05) is 30.3 Å². The molecule has 0 atom stereocenters. The van der Waals surface area contributed by atoms with Crippen LogP contribution in [0.25, 0.3) is 76.5 Å². The van der Waals surface area contributed by atoms with Crippen LogP contribution < -0.4 is 0 Å². The Morgan fingerprint density at radius 3 is 1.81 bits per heavy atom. The second kappa shape index (κ2) is 11.5. The highest BCUT2D eigenvalue weighted by atomic mass is 16.3. The van der Waals surface area contributed by atoms with E-state index in [4.69, 9.17) is 9.41 Å². The van der Waals surface area contributed by atoms with Crippen molar-refractivity contribution in [1.82, 2.24) is 0 Å². The van der Waals surface area contributed by atoms with Crippen LogP contribution in [0.3, 0.4) is 0 Å². The van der Waals surface area contributed by atoms with Crippen LogP contribution >= 0.6 is 0 Å². The fourth-order valence-corrected chi connectivity index (χ4v) is 7.16. The maximum Gasteiger partial charge on any atom is 0.154 e. The lowest BCUT2D eigenvalue weighted by Crippen LogP contribution is -1.99. The maximum absolute atomic E-state index is 6.34. The molecule has 9 aromatic rings. The lowest BCUT2D eigenvalue weighted by atomic mass is 9.92. The fraction of sp³-hybridized carbons (Fsp3) is 0.0222. The van der Waals surface area contributed by atoms with Crippen LogP contribution in [0.4, 0.5) is 0 Å². The molecule has 0 N–H and O–H groups in total. The summed E-state index contributed by atoms with van der Waals surface area (Å²) in [5.41, 5.74) is 8.18. The van der Waals surface area contributed by atoms with Crippen molar-refractivity contribution in [1.29, 1.82) is 0 Å². The van der Waals surface area contributed by atoms with Gasteiger partial charge < -0.3 is 4.42 Å². The number of benzene rings is 8. The van der Waals surface area contributed by atoms with Gasteiger partial charge in [0.25, 0.3) is 0 Å². The molecule has 0 saturated carbocycles. The summed E-state index contributed by atoms with van der Waals surface area (Å²) in [6.07, 6.45) is 0. The van der Waals surface area contributed by atoms with Crippen LogP contribution in [-0.2, 0) is 6.54 Å². The zero-order valence-corrected chi connectivity index (χ0v) is 26.2. The Morgan fingerprint density at radius 2 is 1.08 bits per heavy atom. The average Bonchev–Trinajstić information content (AvgIpc) is 3.54. The van der Waals surface area contributed by atoms with Gasteiger partial charge in [0.05, 0.1) is 6.54 Å². The molecule has 1 heterocycles. The fourth-order valence-electron chi connectivity index (χ4n) is 7.16. The molecule has 8 aromatic carbocycles. The molecule has 0 spiro atoms. The van der Waals surface area contributed by atoms with Crippen molar-refractivity contribution in [3.05, 3.63) is 169 Å². The molecular formula is C45H30N2O. The molecule has 9 rings (SSSR count). The summed E-state index contributed by atoms with van der Waals surface area (Å²) in [5.74, 6) is 0.587. The predicted octanol–water partition coefficient (Wildman–Crippen LogP) is 12.0. The number of aliphatic imine (C=N–C) groups is 2. The van der Waals surface area contributed by atoms with Crippen molar-refractivity contribution in [2.24, 2.45) is 9.98 Å². The summed E-state index contributed by atoms with van der Waals surface area (Å²) in [7, 11) is 0. The van der Waals surface area contributed by atoms with Gasteiger partial charge in [-0.2, -0.15) is 0 Å². The number of nitrogens with zero attached hydrogens (tertiary/aromatic N) is 2. The van der Waals surface area contributed by atoms with E-state index in [1.54, 1.807) is 0 Å². The summed E-state index contributed by atoms with van der Waals surface area (Å²) in [6, 6.07) is 55.6. The number of para-hydroxylation sites is 1. The lowest BCUT2D eigenvalue weighted by molar-refractivity contribution is 0.669. The Kier molecular flexibility index (Phi) is 6.69. The average molecular weight is 615 g/mol. The third-order valence-corrected chi connectivity index (χ3v) is 9.39. The zero-order valence-electron chi connectivity index (χ0n) is 26.2. The molecule has 0 amide bonds. The Balaban J connectivity index is 1.11. The monoisotopic (exact) mass is 614 g/mol. The second-order valence-corrected chi connectivity index (χ2v) is 12.2. The molecule has 0 aliphatic carbocycles. The van der Waals surface area contributed by atoms with E-state index < -0.39 is 0 Å². The smallest absolute Gasteiger partial charge is 0.154 e. The standard InChI is InChI=1S/C45H30N2O/c1-46-45(33-26-40(30-13-3-2-4-14-30)44-39-20-9-10-21-42(39)48-43(44)27-33)47-28-29-12-11-15-31(24-29)32-22-23-38-36-18-6-5-16-34(36)35-17-7-8-19-37(35)41(38)25-32/h2-27H,1,28H2. The quantitative estimate of drug-likeness (QED) is 0.108. The van der Waals surface area contributed by atoms with Crippen LogP contribution in [0.15, 0.2) is 172 Å². The Hall–Kier alpha value is -6.32. The highest BCUT2D eigenvalue weighted by molar-refractivity contribution is 6.25. The highest BCUT2D eigenvalue weighted by Crippen LogP contribution is 2.39. The van der Waals surface area contributed by atoms with Gasteiger partial charge >= 0.3 is 0 Å². The van der Waals surface area contributed by atoms with E-state index in [-0.39, 0.29) is 0 Å². The van der Waals surface area contributed by atoms with E-state index in [0.717, 1.165) is 49.8 Å². The Morgan fingerprint density at radius 1 is 0.479 bits per heavy atom. The summed E-state index contributed by atoms with van der Waals surface area (Å²) in [5, 5.41) is 9.83. The SMILES string of the molecule is C=NC(=NCc1cccc(-c2ccc3c4ccccc4c4ccccc4c3c2)c1)c1cc(-c2ccccc2)c2c(c1)oc1ccccc12. The molecule has 0 aliphatic rings. The molecular weight excluding hydrogens is 585 g/mol. The summed E-state index contributed by atoms with van der Waals surface area (Å²) >= 11 is 0. The van der Waals surface area contributed by atoms with Crippen LogP contribution in [0.1, 0.15) is 11.1 Å². The first-order valence-electron chi connectivity index (χ1n) is 16.2. The topological polar surface area (TPSA) is 37.9 Å². The van der Waals surface area contributed by atoms with Crippen LogP contribution in [0.5, 0.6) is 0 Å². The lowest BCUT2D eigenvalue weighted by Gasteiger charge is -2.12. The van der Waals surface area contributed by atoms with E-state index in [9.17, 15) is 0 Å². The third-order valence-electron chi connectivity index (χ3n) is 9.39. The number of furan rings is 1. The first-order valence-corrected chi connectivity index (χ1v) is 16.2. The van der Waals surface area contributed by atoms with Gasteiger partial charge in [0.2, 0.25) is 0 Å². The molecule has 0 saturated heterocycles. The number of hydrogen-bond acceptors (Lipinski definition) is 2. The molecule has 3 heteroatoms. The first kappa shape index (κ1) is 27.9. The molecule has 0 bridgehead atoms. The maximum atomic E-state index is 6.34. The minimum absolute atomic E-state index is 0.474. The second-order valence-electron chi connectivity index (χ2n) is 12.2. The van der Waals surface area contributed by atoms with Crippen LogP contribution in [-0.4, -0.2) is 12.6 Å². The first-order chi connectivity index (χ1) is 23.7. The van der Waals surface area contributed by atoms with E-state index in [2.05, 4.69) is 139 Å². The van der Waals surface area contributed by atoms with Crippen molar-refractivity contribution >= 4 is 66.8 Å². The van der Waals surface area contributed by atoms with E-state index in [1.165, 1.54) is 37.9 Å². The van der Waals surface area contributed by atoms with Gasteiger partial charge in [0.1, 0.15) is 11.2 Å². The number of amidine groups is 1. The summed E-state index contributed by atoms with van der Waals surface area (Å²) in [4.78, 5) is 9.38. The van der Waals surface area contributed by atoms with Crippen LogP contribution in [0.2, 0.25) is 0 Å². The number of rotatable bonds is 5. The van der Waals surface area contributed by atoms with Gasteiger partial charge in [0, 0.05) is 16.3 Å². The normalized spacial score (nSPS) is 12.0. The minimum atomic E-state index is 0.474. The summed E-state index contributed by atoms with van der Waals surface area (Å²) in [6.45, 7) is 4.38. The zero-order chi connectivity index (χ0) is 32.0. The van der Waals surface area contributed by atoms with Gasteiger partial charge in [-0.25, -0.2) is 4.99 Å². The Bertz CT molecular complexity index is 2680. The van der Waals surface area contributed by atoms with Crippen molar-refractivity contribution in [3.8, 4) is 22.3 Å². The molecule has 0 aliphatic heterocycles. The molecule has 0 fully saturated rings. The van der Waals surface area contributed by atoms with Crippen molar-refractivity contribution in [2.75, 3.05) is 0 Å². The highest BCUT2D eigenvalue weighted by Gasteiger charge is 2.16. The summed E-state index contributed by atoms with van der Waals surface area (Å²) < 4.78 is 6.34. The molecule has 48 heavy (non-hydrogen) atoms. The van der Waals surface area contributed by atoms with Crippen molar-refractivity contribution in [2.45, 2.75) is 6.54 Å². The molecule has 0 unspecified atom stereocenters. The number of fused-ring (bicyclic) bond motifs is 9. The van der Waals surface area contributed by atoms with Crippen molar-refractivity contribution < 1.29 is 4.42 Å².